The molecule has 0 N–H and O–H groups in total. The average molecular weight is 463 g/mol. The van der Waals surface area contributed by atoms with Crippen molar-refractivity contribution in [2.24, 2.45) is 5.41 Å². The SMILES string of the molecule is CC(C)(C)c1ccc(S(=O)(=O)N2CCC3=Cc4c(cnn4-c4ccncc4)C[C@]3(C)C2)cc1. The number of hydrogen-bond acceptors (Lipinski definition) is 4. The second kappa shape index (κ2) is 7.64. The highest BCUT2D eigenvalue weighted by Gasteiger charge is 2.43. The molecule has 33 heavy (non-hydrogen) atoms. The molecular weight excluding hydrogens is 432 g/mol. The highest BCUT2D eigenvalue weighted by molar-refractivity contribution is 7.89. The standard InChI is InChI=1S/C26H30N4O2S/c1-25(2,3)20-5-7-23(8-6-20)33(31,32)29-14-11-21-15-24-19(16-26(21,4)18-29)17-28-30(24)22-9-12-27-13-10-22/h5-10,12-13,15,17H,11,14,16,18H2,1-4H3/t26-/m1/s1. The van der Waals surface area contributed by atoms with Crippen molar-refractivity contribution < 1.29 is 8.42 Å². The summed E-state index contributed by atoms with van der Waals surface area (Å²) in [7, 11) is -3.55. The van der Waals surface area contributed by atoms with Crippen molar-refractivity contribution in [1.29, 1.82) is 0 Å². The van der Waals surface area contributed by atoms with Gasteiger partial charge in [-0.3, -0.25) is 4.98 Å². The Morgan fingerprint density at radius 1 is 1.03 bits per heavy atom. The van der Waals surface area contributed by atoms with Crippen LogP contribution >= 0.6 is 0 Å². The van der Waals surface area contributed by atoms with E-state index in [0.717, 1.165) is 35.3 Å². The van der Waals surface area contributed by atoms with Gasteiger partial charge in [-0.15, -0.1) is 0 Å². The van der Waals surface area contributed by atoms with E-state index in [1.54, 1.807) is 28.8 Å². The summed E-state index contributed by atoms with van der Waals surface area (Å²) in [5.41, 5.74) is 5.38. The topological polar surface area (TPSA) is 68.1 Å². The molecule has 0 amide bonds. The molecule has 0 unspecified atom stereocenters. The molecule has 0 saturated carbocycles. The normalized spacial score (nSPS) is 21.3. The number of piperidine rings is 1. The van der Waals surface area contributed by atoms with Crippen LogP contribution < -0.4 is 0 Å². The molecule has 0 spiro atoms. The molecule has 1 fully saturated rings. The van der Waals surface area contributed by atoms with Crippen LogP contribution in [0.25, 0.3) is 11.8 Å². The summed E-state index contributed by atoms with van der Waals surface area (Å²) in [6, 6.07) is 11.3. The molecule has 1 atom stereocenters. The van der Waals surface area contributed by atoms with Crippen LogP contribution in [0, 0.1) is 5.41 Å². The summed E-state index contributed by atoms with van der Waals surface area (Å²) in [6.07, 6.45) is 9.15. The lowest BCUT2D eigenvalue weighted by Crippen LogP contribution is -2.47. The van der Waals surface area contributed by atoms with Gasteiger partial charge in [-0.2, -0.15) is 9.40 Å². The summed E-state index contributed by atoms with van der Waals surface area (Å²) in [6.45, 7) is 9.53. The van der Waals surface area contributed by atoms with Crippen LogP contribution in [0.3, 0.4) is 0 Å². The summed E-state index contributed by atoms with van der Waals surface area (Å²) >= 11 is 0. The summed E-state index contributed by atoms with van der Waals surface area (Å²) in [5.74, 6) is 0. The molecule has 172 valence electrons. The maximum atomic E-state index is 13.5. The molecule has 1 aromatic carbocycles. The maximum Gasteiger partial charge on any atom is 0.243 e. The number of pyridine rings is 1. The first-order valence-corrected chi connectivity index (χ1v) is 12.8. The minimum Gasteiger partial charge on any atom is -0.265 e. The highest BCUT2D eigenvalue weighted by atomic mass is 32.2. The Hall–Kier alpha value is -2.77. The van der Waals surface area contributed by atoms with Crippen LogP contribution in [-0.2, 0) is 21.9 Å². The predicted octanol–water partition coefficient (Wildman–Crippen LogP) is 4.61. The number of rotatable bonds is 3. The van der Waals surface area contributed by atoms with Crippen molar-refractivity contribution in [1.82, 2.24) is 19.1 Å². The van der Waals surface area contributed by atoms with Crippen molar-refractivity contribution in [3.05, 3.63) is 77.4 Å². The smallest absolute Gasteiger partial charge is 0.243 e. The monoisotopic (exact) mass is 462 g/mol. The molecule has 5 rings (SSSR count). The Labute approximate surface area is 196 Å². The van der Waals surface area contributed by atoms with Crippen LogP contribution in [-0.4, -0.2) is 40.6 Å². The van der Waals surface area contributed by atoms with Gasteiger partial charge in [-0.05, 0) is 59.7 Å². The van der Waals surface area contributed by atoms with Gasteiger partial charge in [0.25, 0.3) is 0 Å². The van der Waals surface area contributed by atoms with E-state index >= 15 is 0 Å². The second-order valence-corrected chi connectivity index (χ2v) is 12.4. The quantitative estimate of drug-likeness (QED) is 0.570. The van der Waals surface area contributed by atoms with Gasteiger partial charge in [0.15, 0.2) is 0 Å². The maximum absolute atomic E-state index is 13.5. The fourth-order valence-corrected chi connectivity index (χ4v) is 6.54. The Morgan fingerprint density at radius 3 is 2.39 bits per heavy atom. The number of fused-ring (bicyclic) bond motifs is 2. The van der Waals surface area contributed by atoms with Crippen molar-refractivity contribution in [2.75, 3.05) is 13.1 Å². The number of aromatic nitrogens is 3. The zero-order valence-electron chi connectivity index (χ0n) is 19.6. The lowest BCUT2D eigenvalue weighted by Gasteiger charge is -2.43. The molecule has 1 aliphatic carbocycles. The first kappa shape index (κ1) is 22.0. The van der Waals surface area contributed by atoms with Gasteiger partial charge < -0.3 is 0 Å². The third-order valence-electron chi connectivity index (χ3n) is 6.97. The molecule has 0 bridgehead atoms. The largest absolute Gasteiger partial charge is 0.265 e. The molecule has 1 aliphatic heterocycles. The molecule has 1 saturated heterocycles. The van der Waals surface area contributed by atoms with Gasteiger partial charge in [0.05, 0.1) is 22.5 Å². The molecule has 3 heterocycles. The number of hydrogen-bond donors (Lipinski definition) is 0. The molecule has 0 radical (unpaired) electrons. The van der Waals surface area contributed by atoms with Gasteiger partial charge in [-0.25, -0.2) is 13.1 Å². The van der Waals surface area contributed by atoms with Gasteiger partial charge in [0.1, 0.15) is 0 Å². The second-order valence-electron chi connectivity index (χ2n) is 10.4. The summed E-state index contributed by atoms with van der Waals surface area (Å²) in [4.78, 5) is 4.47. The van der Waals surface area contributed by atoms with Crippen LogP contribution in [0.15, 0.2) is 65.5 Å². The number of nitrogens with zero attached hydrogens (tertiary/aromatic N) is 4. The van der Waals surface area contributed by atoms with Crippen molar-refractivity contribution in [3.63, 3.8) is 0 Å². The molecule has 6 nitrogen and oxygen atoms in total. The Bertz CT molecular complexity index is 1320. The number of sulfonamides is 1. The van der Waals surface area contributed by atoms with Gasteiger partial charge in [0, 0.05) is 30.9 Å². The third-order valence-corrected chi connectivity index (χ3v) is 8.83. The van der Waals surface area contributed by atoms with E-state index in [1.165, 1.54) is 5.57 Å². The van der Waals surface area contributed by atoms with Crippen LogP contribution in [0.5, 0.6) is 0 Å². The van der Waals surface area contributed by atoms with E-state index in [4.69, 9.17) is 0 Å². The highest BCUT2D eigenvalue weighted by Crippen LogP contribution is 2.44. The Kier molecular flexibility index (Phi) is 5.10. The van der Waals surface area contributed by atoms with E-state index in [1.807, 2.05) is 35.1 Å². The lowest BCUT2D eigenvalue weighted by molar-refractivity contribution is 0.231. The van der Waals surface area contributed by atoms with Gasteiger partial charge in [-0.1, -0.05) is 45.4 Å². The minimum absolute atomic E-state index is 0.0128. The van der Waals surface area contributed by atoms with Crippen molar-refractivity contribution in [3.8, 4) is 5.69 Å². The van der Waals surface area contributed by atoms with Crippen molar-refractivity contribution >= 4 is 16.1 Å². The predicted molar refractivity (Wildman–Crippen MR) is 130 cm³/mol. The van der Waals surface area contributed by atoms with E-state index in [2.05, 4.69) is 43.9 Å². The van der Waals surface area contributed by atoms with E-state index in [9.17, 15) is 8.42 Å². The Morgan fingerprint density at radius 2 is 1.73 bits per heavy atom. The lowest BCUT2D eigenvalue weighted by atomic mass is 9.70. The van der Waals surface area contributed by atoms with E-state index in [-0.39, 0.29) is 10.8 Å². The summed E-state index contributed by atoms with van der Waals surface area (Å²) < 4.78 is 30.6. The third kappa shape index (κ3) is 3.83. The zero-order valence-corrected chi connectivity index (χ0v) is 20.4. The van der Waals surface area contributed by atoms with Crippen molar-refractivity contribution in [2.45, 2.75) is 50.8 Å². The molecule has 7 heteroatoms. The average Bonchev–Trinajstić information content (AvgIpc) is 3.18. The van der Waals surface area contributed by atoms with Gasteiger partial charge >= 0.3 is 0 Å². The fourth-order valence-electron chi connectivity index (χ4n) is 4.97. The Balaban J connectivity index is 1.42. The van der Waals surface area contributed by atoms with Crippen LogP contribution in [0.4, 0.5) is 0 Å². The zero-order chi connectivity index (χ0) is 23.4. The van der Waals surface area contributed by atoms with E-state index in [0.29, 0.717) is 18.0 Å². The molecule has 2 aromatic heterocycles. The molecular formula is C26H30N4O2S. The first-order valence-electron chi connectivity index (χ1n) is 11.4. The minimum atomic E-state index is -3.55. The fraction of sp³-hybridized carbons (Fsp3) is 0.385. The molecule has 2 aliphatic rings. The van der Waals surface area contributed by atoms with Gasteiger partial charge in [0.2, 0.25) is 10.0 Å². The van der Waals surface area contributed by atoms with Crippen LogP contribution in [0.1, 0.15) is 50.9 Å². The number of benzene rings is 1. The van der Waals surface area contributed by atoms with Crippen LogP contribution in [0.2, 0.25) is 0 Å². The first-order chi connectivity index (χ1) is 15.6. The molecule has 3 aromatic rings. The van der Waals surface area contributed by atoms with E-state index < -0.39 is 10.0 Å². The summed E-state index contributed by atoms with van der Waals surface area (Å²) in [5, 5.41) is 4.61.